The van der Waals surface area contributed by atoms with Crippen LogP contribution in [0.3, 0.4) is 0 Å². The first-order valence-electron chi connectivity index (χ1n) is 6.66. The summed E-state index contributed by atoms with van der Waals surface area (Å²) < 4.78 is 36.9. The standard InChI is InChI=1S/C11H9F3N2.C6H6/c1-7-2-4-8(5-3-7)9-6-10(16-15-9)11(12,13)14;1-2-4-6-5-3-1/h2-6H,1H3,(H,15,16);1-6H. The van der Waals surface area contributed by atoms with Crippen LogP contribution in [0.15, 0.2) is 66.7 Å². The van der Waals surface area contributed by atoms with E-state index in [9.17, 15) is 13.2 Å². The third-order valence-electron chi connectivity index (χ3n) is 2.90. The lowest BCUT2D eigenvalue weighted by Gasteiger charge is -2.00. The molecule has 114 valence electrons. The van der Waals surface area contributed by atoms with Crippen molar-refractivity contribution in [2.24, 2.45) is 0 Å². The quantitative estimate of drug-likeness (QED) is 0.666. The Balaban J connectivity index is 0.000000246. The second kappa shape index (κ2) is 6.93. The number of aromatic nitrogens is 2. The molecule has 0 saturated carbocycles. The molecule has 1 aromatic heterocycles. The number of hydrogen-bond donors (Lipinski definition) is 1. The number of alkyl halides is 3. The Morgan fingerprint density at radius 2 is 1.36 bits per heavy atom. The molecule has 3 aromatic rings. The van der Waals surface area contributed by atoms with Crippen molar-refractivity contribution in [2.75, 3.05) is 0 Å². The Hall–Kier alpha value is -2.56. The van der Waals surface area contributed by atoms with Gasteiger partial charge in [0.25, 0.3) is 0 Å². The number of halogens is 3. The lowest BCUT2D eigenvalue weighted by atomic mass is 10.1. The van der Waals surface area contributed by atoms with Crippen LogP contribution in [-0.4, -0.2) is 10.2 Å². The average molecular weight is 304 g/mol. The zero-order valence-corrected chi connectivity index (χ0v) is 11.9. The molecule has 1 heterocycles. The van der Waals surface area contributed by atoms with E-state index in [0.29, 0.717) is 11.3 Å². The van der Waals surface area contributed by atoms with E-state index >= 15 is 0 Å². The normalized spacial score (nSPS) is 10.7. The third kappa shape index (κ3) is 4.48. The van der Waals surface area contributed by atoms with Gasteiger partial charge in [0.15, 0.2) is 0 Å². The second-order valence-electron chi connectivity index (χ2n) is 4.69. The van der Waals surface area contributed by atoms with Gasteiger partial charge in [-0.25, -0.2) is 0 Å². The Morgan fingerprint density at radius 1 is 0.864 bits per heavy atom. The van der Waals surface area contributed by atoms with Crippen LogP contribution in [0.5, 0.6) is 0 Å². The highest BCUT2D eigenvalue weighted by atomic mass is 19.4. The van der Waals surface area contributed by atoms with Gasteiger partial charge >= 0.3 is 6.18 Å². The average Bonchev–Trinajstić information content (AvgIpc) is 3.00. The first-order valence-corrected chi connectivity index (χ1v) is 6.66. The van der Waals surface area contributed by atoms with Crippen molar-refractivity contribution in [1.82, 2.24) is 10.2 Å². The largest absolute Gasteiger partial charge is 0.432 e. The van der Waals surface area contributed by atoms with Crippen molar-refractivity contribution < 1.29 is 13.2 Å². The fourth-order valence-corrected chi connectivity index (χ4v) is 1.72. The first kappa shape index (κ1) is 15.8. The van der Waals surface area contributed by atoms with E-state index in [2.05, 4.69) is 5.10 Å². The van der Waals surface area contributed by atoms with Gasteiger partial charge < -0.3 is 0 Å². The van der Waals surface area contributed by atoms with E-state index in [1.807, 2.05) is 60.6 Å². The first-order chi connectivity index (χ1) is 10.5. The molecule has 1 N–H and O–H groups in total. The van der Waals surface area contributed by atoms with Gasteiger partial charge in [-0.15, -0.1) is 0 Å². The summed E-state index contributed by atoms with van der Waals surface area (Å²) in [5, 5.41) is 5.62. The van der Waals surface area contributed by atoms with Crippen LogP contribution in [0.25, 0.3) is 11.3 Å². The summed E-state index contributed by atoms with van der Waals surface area (Å²) in [6.45, 7) is 1.91. The van der Waals surface area contributed by atoms with E-state index < -0.39 is 11.9 Å². The fraction of sp³-hybridized carbons (Fsp3) is 0.118. The Bertz CT molecular complexity index is 659. The number of benzene rings is 2. The molecule has 0 bridgehead atoms. The van der Waals surface area contributed by atoms with Gasteiger partial charge in [0.1, 0.15) is 5.69 Å². The summed E-state index contributed by atoms with van der Waals surface area (Å²) in [7, 11) is 0. The van der Waals surface area contributed by atoms with E-state index in [1.165, 1.54) is 0 Å². The molecule has 5 heteroatoms. The van der Waals surface area contributed by atoms with Crippen LogP contribution >= 0.6 is 0 Å². The van der Waals surface area contributed by atoms with Crippen molar-refractivity contribution >= 4 is 0 Å². The maximum atomic E-state index is 12.3. The van der Waals surface area contributed by atoms with Crippen molar-refractivity contribution in [3.8, 4) is 11.3 Å². The van der Waals surface area contributed by atoms with Crippen LogP contribution in [-0.2, 0) is 6.18 Å². The van der Waals surface area contributed by atoms with Crippen LogP contribution < -0.4 is 0 Å². The van der Waals surface area contributed by atoms with Crippen LogP contribution in [0.4, 0.5) is 13.2 Å². The minimum Gasteiger partial charge on any atom is -0.273 e. The molecule has 0 fully saturated rings. The van der Waals surface area contributed by atoms with Crippen molar-refractivity contribution in [1.29, 1.82) is 0 Å². The third-order valence-corrected chi connectivity index (χ3v) is 2.90. The summed E-state index contributed by atoms with van der Waals surface area (Å²) in [6, 6.07) is 20.1. The summed E-state index contributed by atoms with van der Waals surface area (Å²) >= 11 is 0. The second-order valence-corrected chi connectivity index (χ2v) is 4.69. The zero-order valence-electron chi connectivity index (χ0n) is 11.9. The molecular formula is C17H15F3N2. The molecule has 0 radical (unpaired) electrons. The molecule has 0 saturated heterocycles. The highest BCUT2D eigenvalue weighted by Gasteiger charge is 2.33. The predicted octanol–water partition coefficient (Wildman–Crippen LogP) is 5.09. The molecule has 0 amide bonds. The molecule has 0 aliphatic carbocycles. The van der Waals surface area contributed by atoms with E-state index in [0.717, 1.165) is 11.6 Å². The molecule has 2 aromatic carbocycles. The fourth-order valence-electron chi connectivity index (χ4n) is 1.72. The molecule has 0 aliphatic heterocycles. The maximum Gasteiger partial charge on any atom is 0.432 e. The summed E-state index contributed by atoms with van der Waals surface area (Å²) in [5.74, 6) is 0. The van der Waals surface area contributed by atoms with Gasteiger partial charge in [-0.1, -0.05) is 66.2 Å². The van der Waals surface area contributed by atoms with Gasteiger partial charge in [-0.05, 0) is 13.0 Å². The number of rotatable bonds is 1. The van der Waals surface area contributed by atoms with Crippen LogP contribution in [0.1, 0.15) is 11.3 Å². The zero-order chi connectivity index (χ0) is 16.0. The monoisotopic (exact) mass is 304 g/mol. The smallest absolute Gasteiger partial charge is 0.273 e. The van der Waals surface area contributed by atoms with Crippen LogP contribution in [0.2, 0.25) is 0 Å². The minimum absolute atomic E-state index is 0.298. The molecule has 0 unspecified atom stereocenters. The maximum absolute atomic E-state index is 12.3. The molecule has 0 atom stereocenters. The number of hydrogen-bond acceptors (Lipinski definition) is 1. The summed E-state index contributed by atoms with van der Waals surface area (Å²) in [6.07, 6.45) is -4.38. The molecular weight excluding hydrogens is 289 g/mol. The van der Waals surface area contributed by atoms with Gasteiger partial charge in [0, 0.05) is 5.56 Å². The van der Waals surface area contributed by atoms with Crippen LogP contribution in [0, 0.1) is 6.92 Å². The van der Waals surface area contributed by atoms with Gasteiger partial charge in [0.2, 0.25) is 0 Å². The van der Waals surface area contributed by atoms with Gasteiger partial charge in [0.05, 0.1) is 5.69 Å². The topological polar surface area (TPSA) is 28.7 Å². The van der Waals surface area contributed by atoms with E-state index in [-0.39, 0.29) is 0 Å². The minimum atomic E-state index is -4.38. The summed E-state index contributed by atoms with van der Waals surface area (Å²) in [4.78, 5) is 0. The number of nitrogens with one attached hydrogen (secondary N) is 1. The lowest BCUT2D eigenvalue weighted by molar-refractivity contribution is -0.141. The van der Waals surface area contributed by atoms with Crippen molar-refractivity contribution in [2.45, 2.75) is 13.1 Å². The predicted molar refractivity (Wildman–Crippen MR) is 80.2 cm³/mol. The molecule has 22 heavy (non-hydrogen) atoms. The number of H-pyrrole nitrogens is 1. The van der Waals surface area contributed by atoms with E-state index in [4.69, 9.17) is 0 Å². The summed E-state index contributed by atoms with van der Waals surface area (Å²) in [5.41, 5.74) is 1.18. The van der Waals surface area contributed by atoms with E-state index in [1.54, 1.807) is 12.1 Å². The number of aromatic amines is 1. The number of aryl methyl sites for hydroxylation is 1. The van der Waals surface area contributed by atoms with Gasteiger partial charge in [-0.3, -0.25) is 5.10 Å². The Morgan fingerprint density at radius 3 is 1.77 bits per heavy atom. The Kier molecular flexibility index (Phi) is 4.99. The highest BCUT2D eigenvalue weighted by molar-refractivity contribution is 5.59. The Labute approximate surface area is 126 Å². The molecule has 3 rings (SSSR count). The van der Waals surface area contributed by atoms with Crippen molar-refractivity contribution in [3.63, 3.8) is 0 Å². The SMILES string of the molecule is Cc1ccc(-c2cc(C(F)(F)F)[nH]n2)cc1.c1ccccc1. The molecule has 0 spiro atoms. The lowest BCUT2D eigenvalue weighted by Crippen LogP contribution is -2.04. The highest BCUT2D eigenvalue weighted by Crippen LogP contribution is 2.30. The molecule has 2 nitrogen and oxygen atoms in total. The van der Waals surface area contributed by atoms with Crippen molar-refractivity contribution in [3.05, 3.63) is 78.0 Å². The molecule has 0 aliphatic rings. The van der Waals surface area contributed by atoms with Gasteiger partial charge in [-0.2, -0.15) is 18.3 Å². The number of nitrogens with zero attached hydrogens (tertiary/aromatic N) is 1.